The SMILES string of the molecule is [C-]#[N+]c1cccc(N(C)CCCN2CCN(c3cccc(C(F)(F)F)c3)CC2)c1. The van der Waals surface area contributed by atoms with Gasteiger partial charge in [0.1, 0.15) is 0 Å². The van der Waals surface area contributed by atoms with Crippen LogP contribution in [-0.4, -0.2) is 51.2 Å². The van der Waals surface area contributed by atoms with Crippen LogP contribution in [0.3, 0.4) is 0 Å². The van der Waals surface area contributed by atoms with Crippen molar-refractivity contribution >= 4 is 17.1 Å². The first-order valence-corrected chi connectivity index (χ1v) is 9.70. The van der Waals surface area contributed by atoms with Crippen LogP contribution < -0.4 is 9.80 Å². The zero-order valence-corrected chi connectivity index (χ0v) is 16.5. The van der Waals surface area contributed by atoms with Gasteiger partial charge in [0.15, 0.2) is 5.69 Å². The van der Waals surface area contributed by atoms with Crippen molar-refractivity contribution in [2.24, 2.45) is 0 Å². The van der Waals surface area contributed by atoms with Crippen LogP contribution in [0, 0.1) is 6.57 Å². The number of halogens is 3. The second-order valence-electron chi connectivity index (χ2n) is 7.28. The first-order valence-electron chi connectivity index (χ1n) is 9.70. The first-order chi connectivity index (χ1) is 13.9. The molecule has 7 heteroatoms. The summed E-state index contributed by atoms with van der Waals surface area (Å²) in [6.45, 7) is 12.1. The summed E-state index contributed by atoms with van der Waals surface area (Å²) >= 11 is 0. The number of hydrogen-bond donors (Lipinski definition) is 0. The van der Waals surface area contributed by atoms with Gasteiger partial charge in [-0.15, -0.1) is 0 Å². The predicted molar refractivity (Wildman–Crippen MR) is 111 cm³/mol. The number of piperazine rings is 1. The smallest absolute Gasteiger partial charge is 0.376 e. The molecule has 0 atom stereocenters. The lowest BCUT2D eigenvalue weighted by Gasteiger charge is -2.36. The molecule has 4 nitrogen and oxygen atoms in total. The van der Waals surface area contributed by atoms with E-state index in [4.69, 9.17) is 6.57 Å². The Hall–Kier alpha value is -2.72. The maximum Gasteiger partial charge on any atom is 0.416 e. The fourth-order valence-electron chi connectivity index (χ4n) is 3.57. The van der Waals surface area contributed by atoms with Crippen molar-refractivity contribution in [3.05, 3.63) is 65.5 Å². The monoisotopic (exact) mass is 402 g/mol. The second kappa shape index (κ2) is 9.19. The maximum absolute atomic E-state index is 12.9. The van der Waals surface area contributed by atoms with E-state index < -0.39 is 11.7 Å². The largest absolute Gasteiger partial charge is 0.416 e. The lowest BCUT2D eigenvalue weighted by Crippen LogP contribution is -2.47. The van der Waals surface area contributed by atoms with E-state index in [0.29, 0.717) is 11.4 Å². The molecule has 0 aromatic heterocycles. The third-order valence-electron chi connectivity index (χ3n) is 5.28. The number of rotatable bonds is 6. The lowest BCUT2D eigenvalue weighted by molar-refractivity contribution is -0.137. The molecule has 1 fully saturated rings. The third kappa shape index (κ3) is 5.64. The summed E-state index contributed by atoms with van der Waals surface area (Å²) in [5.41, 5.74) is 1.72. The molecule has 2 aromatic rings. The summed E-state index contributed by atoms with van der Waals surface area (Å²) in [5.74, 6) is 0. The molecule has 0 amide bonds. The molecule has 0 bridgehead atoms. The molecule has 0 radical (unpaired) electrons. The van der Waals surface area contributed by atoms with Crippen LogP contribution in [0.5, 0.6) is 0 Å². The van der Waals surface area contributed by atoms with Crippen molar-refractivity contribution in [3.63, 3.8) is 0 Å². The molecule has 1 heterocycles. The number of nitrogens with zero attached hydrogens (tertiary/aromatic N) is 4. The molecular formula is C22H25F3N4. The Morgan fingerprint density at radius 2 is 1.76 bits per heavy atom. The highest BCUT2D eigenvalue weighted by atomic mass is 19.4. The third-order valence-corrected chi connectivity index (χ3v) is 5.28. The summed E-state index contributed by atoms with van der Waals surface area (Å²) in [5, 5.41) is 0. The van der Waals surface area contributed by atoms with E-state index in [1.54, 1.807) is 12.1 Å². The molecule has 0 saturated carbocycles. The number of alkyl halides is 3. The van der Waals surface area contributed by atoms with Gasteiger partial charge in [-0.05, 0) is 43.3 Å². The average molecular weight is 402 g/mol. The second-order valence-corrected chi connectivity index (χ2v) is 7.28. The standard InChI is InChI=1S/C22H25F3N4/c1-26-19-7-4-8-20(17-19)27(2)10-5-11-28-12-14-29(15-13-28)21-9-3-6-18(16-21)22(23,24)25/h3-4,6-9,16-17H,5,10-15H2,2H3. The van der Waals surface area contributed by atoms with Crippen LogP contribution in [0.4, 0.5) is 30.2 Å². The van der Waals surface area contributed by atoms with E-state index in [2.05, 4.69) is 14.6 Å². The quantitative estimate of drug-likeness (QED) is 0.638. The molecule has 1 aliphatic rings. The molecule has 1 saturated heterocycles. The van der Waals surface area contributed by atoms with Crippen LogP contribution in [0.1, 0.15) is 12.0 Å². The Balaban J connectivity index is 1.45. The Labute approximate surface area is 170 Å². The molecule has 0 unspecified atom stereocenters. The van der Waals surface area contributed by atoms with Gasteiger partial charge >= 0.3 is 6.18 Å². The minimum absolute atomic E-state index is 0.595. The first kappa shape index (κ1) is 21.0. The van der Waals surface area contributed by atoms with E-state index in [-0.39, 0.29) is 0 Å². The number of hydrogen-bond acceptors (Lipinski definition) is 3. The zero-order valence-electron chi connectivity index (χ0n) is 16.5. The number of benzene rings is 2. The van der Waals surface area contributed by atoms with Gasteiger partial charge < -0.3 is 9.80 Å². The van der Waals surface area contributed by atoms with Gasteiger partial charge in [-0.25, -0.2) is 4.85 Å². The molecule has 0 N–H and O–H groups in total. The summed E-state index contributed by atoms with van der Waals surface area (Å²) in [4.78, 5) is 9.99. The average Bonchev–Trinajstić information content (AvgIpc) is 2.73. The van der Waals surface area contributed by atoms with Crippen molar-refractivity contribution in [3.8, 4) is 0 Å². The van der Waals surface area contributed by atoms with Gasteiger partial charge in [0, 0.05) is 51.1 Å². The topological polar surface area (TPSA) is 14.1 Å². The molecule has 0 spiro atoms. The predicted octanol–water partition coefficient (Wildman–Crippen LogP) is 4.90. The Kier molecular flexibility index (Phi) is 6.65. The Morgan fingerprint density at radius 1 is 1.03 bits per heavy atom. The Morgan fingerprint density at radius 3 is 2.45 bits per heavy atom. The van der Waals surface area contributed by atoms with Crippen LogP contribution in [0.15, 0.2) is 48.5 Å². The van der Waals surface area contributed by atoms with Gasteiger partial charge in [0.25, 0.3) is 0 Å². The van der Waals surface area contributed by atoms with Crippen LogP contribution in [0.25, 0.3) is 4.85 Å². The molecule has 154 valence electrons. The van der Waals surface area contributed by atoms with E-state index in [1.807, 2.05) is 30.1 Å². The van der Waals surface area contributed by atoms with E-state index in [9.17, 15) is 13.2 Å². The van der Waals surface area contributed by atoms with E-state index in [0.717, 1.165) is 57.4 Å². The highest BCUT2D eigenvalue weighted by Crippen LogP contribution is 2.31. The molecule has 1 aliphatic heterocycles. The van der Waals surface area contributed by atoms with Gasteiger partial charge in [-0.1, -0.05) is 18.2 Å². The van der Waals surface area contributed by atoms with Crippen LogP contribution in [0.2, 0.25) is 0 Å². The van der Waals surface area contributed by atoms with Gasteiger partial charge in [-0.2, -0.15) is 13.2 Å². The van der Waals surface area contributed by atoms with Crippen molar-refractivity contribution in [2.45, 2.75) is 12.6 Å². The minimum atomic E-state index is -4.31. The van der Waals surface area contributed by atoms with Crippen molar-refractivity contribution in [1.82, 2.24) is 4.90 Å². The van der Waals surface area contributed by atoms with Gasteiger partial charge in [0.05, 0.1) is 12.1 Å². The summed E-state index contributed by atoms with van der Waals surface area (Å²) < 4.78 is 38.8. The Bertz CT molecular complexity index is 852. The highest BCUT2D eigenvalue weighted by molar-refractivity contribution is 5.58. The minimum Gasteiger partial charge on any atom is -0.376 e. The summed E-state index contributed by atoms with van der Waals surface area (Å²) in [7, 11) is 2.02. The van der Waals surface area contributed by atoms with Crippen molar-refractivity contribution in [2.75, 3.05) is 56.1 Å². The molecular weight excluding hydrogens is 377 g/mol. The molecule has 2 aromatic carbocycles. The van der Waals surface area contributed by atoms with Crippen LogP contribution in [-0.2, 0) is 6.18 Å². The molecule has 29 heavy (non-hydrogen) atoms. The van der Waals surface area contributed by atoms with Crippen molar-refractivity contribution < 1.29 is 13.2 Å². The summed E-state index contributed by atoms with van der Waals surface area (Å²) in [6.07, 6.45) is -3.32. The van der Waals surface area contributed by atoms with E-state index in [1.165, 1.54) is 12.1 Å². The zero-order chi connectivity index (χ0) is 20.9. The molecule has 3 rings (SSSR count). The summed E-state index contributed by atoms with van der Waals surface area (Å²) in [6, 6.07) is 13.2. The lowest BCUT2D eigenvalue weighted by atomic mass is 10.1. The van der Waals surface area contributed by atoms with Crippen molar-refractivity contribution in [1.29, 1.82) is 0 Å². The molecule has 0 aliphatic carbocycles. The van der Waals surface area contributed by atoms with Gasteiger partial charge in [0.2, 0.25) is 0 Å². The van der Waals surface area contributed by atoms with Crippen LogP contribution >= 0.6 is 0 Å². The maximum atomic E-state index is 12.9. The fourth-order valence-corrected chi connectivity index (χ4v) is 3.57. The van der Waals surface area contributed by atoms with E-state index >= 15 is 0 Å². The highest BCUT2D eigenvalue weighted by Gasteiger charge is 2.31. The normalized spacial score (nSPS) is 15.2. The fraction of sp³-hybridized carbons (Fsp3) is 0.409. The van der Waals surface area contributed by atoms with Gasteiger partial charge in [-0.3, -0.25) is 4.90 Å². The number of anilines is 2.